The molecule has 0 saturated carbocycles. The van der Waals surface area contributed by atoms with E-state index >= 15 is 0 Å². The second kappa shape index (κ2) is 6.90. The van der Waals surface area contributed by atoms with Gasteiger partial charge in [0.15, 0.2) is 6.10 Å². The Labute approximate surface area is 108 Å². The zero-order chi connectivity index (χ0) is 12.8. The van der Waals surface area contributed by atoms with Gasteiger partial charge in [-0.15, -0.1) is 0 Å². The van der Waals surface area contributed by atoms with Crippen molar-refractivity contribution in [2.24, 2.45) is 0 Å². The summed E-state index contributed by atoms with van der Waals surface area (Å²) >= 11 is 0. The Morgan fingerprint density at radius 1 is 1.44 bits per heavy atom. The lowest BCUT2D eigenvalue weighted by molar-refractivity contribution is -0.149. The van der Waals surface area contributed by atoms with E-state index in [9.17, 15) is 4.79 Å². The van der Waals surface area contributed by atoms with Gasteiger partial charge in [-0.2, -0.15) is 0 Å². The lowest BCUT2D eigenvalue weighted by atomic mass is 9.97. The van der Waals surface area contributed by atoms with E-state index in [4.69, 9.17) is 9.84 Å². The summed E-state index contributed by atoms with van der Waals surface area (Å²) in [7, 11) is 0. The van der Waals surface area contributed by atoms with E-state index < -0.39 is 12.1 Å². The van der Waals surface area contributed by atoms with Crippen LogP contribution < -0.4 is 5.32 Å². The lowest BCUT2D eigenvalue weighted by Gasteiger charge is -2.15. The number of carboxylic acid groups (broad SMARTS) is 1. The average Bonchev–Trinajstić information content (AvgIpc) is 2.85. The zero-order valence-electron chi connectivity index (χ0n) is 10.9. The van der Waals surface area contributed by atoms with E-state index in [-0.39, 0.29) is 6.10 Å². The standard InChI is InChI=1S/C14H23NO3/c16-14(17)13-7-6-12(18-13)10-15-9-8-11-4-2-1-3-5-11/h4,12-13,15H,1-3,5-10H2,(H,16,17). The van der Waals surface area contributed by atoms with E-state index in [1.165, 1.54) is 25.7 Å². The monoisotopic (exact) mass is 253 g/mol. The van der Waals surface area contributed by atoms with Crippen molar-refractivity contribution in [1.29, 1.82) is 0 Å². The molecule has 1 aliphatic carbocycles. The molecule has 4 nitrogen and oxygen atoms in total. The molecule has 1 heterocycles. The third-order valence-electron chi connectivity index (χ3n) is 3.76. The van der Waals surface area contributed by atoms with Crippen LogP contribution in [-0.4, -0.2) is 36.4 Å². The SMILES string of the molecule is O=C(O)C1CCC(CNCCC2=CCCCC2)O1. The second-order valence-electron chi connectivity index (χ2n) is 5.22. The van der Waals surface area contributed by atoms with Gasteiger partial charge in [-0.25, -0.2) is 4.79 Å². The Kier molecular flexibility index (Phi) is 5.20. The van der Waals surface area contributed by atoms with Crippen molar-refractivity contribution in [2.45, 2.75) is 57.2 Å². The minimum atomic E-state index is -0.829. The Morgan fingerprint density at radius 3 is 3.00 bits per heavy atom. The molecule has 0 aromatic rings. The van der Waals surface area contributed by atoms with Crippen LogP contribution in [0.4, 0.5) is 0 Å². The minimum absolute atomic E-state index is 0.0754. The first-order valence-corrected chi connectivity index (χ1v) is 7.02. The summed E-state index contributed by atoms with van der Waals surface area (Å²) in [5.41, 5.74) is 1.57. The van der Waals surface area contributed by atoms with Crippen molar-refractivity contribution < 1.29 is 14.6 Å². The molecule has 1 saturated heterocycles. The van der Waals surface area contributed by atoms with Crippen LogP contribution >= 0.6 is 0 Å². The van der Waals surface area contributed by atoms with Crippen molar-refractivity contribution in [3.05, 3.63) is 11.6 Å². The smallest absolute Gasteiger partial charge is 0.332 e. The molecule has 2 aliphatic rings. The van der Waals surface area contributed by atoms with Gasteiger partial charge in [0, 0.05) is 6.54 Å². The molecule has 1 aliphatic heterocycles. The van der Waals surface area contributed by atoms with Gasteiger partial charge in [-0.3, -0.25) is 0 Å². The molecule has 0 bridgehead atoms. The number of hydrogen-bond acceptors (Lipinski definition) is 3. The van der Waals surface area contributed by atoms with Gasteiger partial charge in [0.1, 0.15) is 0 Å². The van der Waals surface area contributed by atoms with Gasteiger partial charge < -0.3 is 15.2 Å². The molecule has 0 spiro atoms. The number of aliphatic carboxylic acids is 1. The highest BCUT2D eigenvalue weighted by molar-refractivity contribution is 5.72. The van der Waals surface area contributed by atoms with Gasteiger partial charge in [0.25, 0.3) is 0 Å². The fourth-order valence-electron chi connectivity index (χ4n) is 2.68. The summed E-state index contributed by atoms with van der Waals surface area (Å²) in [6, 6.07) is 0. The normalized spacial score (nSPS) is 28.1. The molecular weight excluding hydrogens is 230 g/mol. The highest BCUT2D eigenvalue weighted by atomic mass is 16.5. The molecule has 1 fully saturated rings. The van der Waals surface area contributed by atoms with Crippen LogP contribution in [0.25, 0.3) is 0 Å². The van der Waals surface area contributed by atoms with Gasteiger partial charge in [-0.05, 0) is 51.5 Å². The van der Waals surface area contributed by atoms with Crippen LogP contribution in [0.2, 0.25) is 0 Å². The number of rotatable bonds is 6. The zero-order valence-corrected chi connectivity index (χ0v) is 10.9. The van der Waals surface area contributed by atoms with Crippen LogP contribution in [-0.2, 0) is 9.53 Å². The van der Waals surface area contributed by atoms with Crippen molar-refractivity contribution in [3.8, 4) is 0 Å². The molecule has 0 aromatic carbocycles. The Morgan fingerprint density at radius 2 is 2.33 bits per heavy atom. The van der Waals surface area contributed by atoms with Gasteiger partial charge in [0.05, 0.1) is 6.10 Å². The first-order valence-electron chi connectivity index (χ1n) is 7.02. The Bertz CT molecular complexity index is 314. The highest BCUT2D eigenvalue weighted by Gasteiger charge is 2.29. The topological polar surface area (TPSA) is 58.6 Å². The maximum atomic E-state index is 10.7. The lowest BCUT2D eigenvalue weighted by Crippen LogP contribution is -2.29. The summed E-state index contributed by atoms with van der Waals surface area (Å²) < 4.78 is 5.44. The van der Waals surface area contributed by atoms with Gasteiger partial charge in [0.2, 0.25) is 0 Å². The number of hydrogen-bond donors (Lipinski definition) is 2. The molecule has 0 radical (unpaired) electrons. The maximum absolute atomic E-state index is 10.7. The van der Waals surface area contributed by atoms with Gasteiger partial charge in [-0.1, -0.05) is 11.6 Å². The number of allylic oxidation sites excluding steroid dienone is 1. The summed E-state index contributed by atoms with van der Waals surface area (Å²) in [6.45, 7) is 1.75. The van der Waals surface area contributed by atoms with Crippen LogP contribution in [0.5, 0.6) is 0 Å². The second-order valence-corrected chi connectivity index (χ2v) is 5.22. The van der Waals surface area contributed by atoms with E-state index in [1.54, 1.807) is 5.57 Å². The highest BCUT2D eigenvalue weighted by Crippen LogP contribution is 2.20. The number of carboxylic acids is 1. The third kappa shape index (κ3) is 4.10. The van der Waals surface area contributed by atoms with E-state index in [0.29, 0.717) is 6.42 Å². The van der Waals surface area contributed by atoms with Crippen molar-refractivity contribution >= 4 is 5.97 Å². The first-order chi connectivity index (χ1) is 8.75. The quantitative estimate of drug-likeness (QED) is 0.562. The molecule has 2 atom stereocenters. The van der Waals surface area contributed by atoms with Crippen molar-refractivity contribution in [3.63, 3.8) is 0 Å². The van der Waals surface area contributed by atoms with Crippen LogP contribution in [0.1, 0.15) is 44.9 Å². The summed E-state index contributed by atoms with van der Waals surface area (Å²) in [5.74, 6) is -0.829. The molecule has 2 N–H and O–H groups in total. The van der Waals surface area contributed by atoms with Crippen molar-refractivity contribution in [2.75, 3.05) is 13.1 Å². The molecule has 18 heavy (non-hydrogen) atoms. The average molecular weight is 253 g/mol. The molecule has 2 unspecified atom stereocenters. The van der Waals surface area contributed by atoms with Crippen LogP contribution in [0, 0.1) is 0 Å². The predicted molar refractivity (Wildman–Crippen MR) is 69.6 cm³/mol. The largest absolute Gasteiger partial charge is 0.479 e. The summed E-state index contributed by atoms with van der Waals surface area (Å²) in [5, 5.41) is 12.2. The van der Waals surface area contributed by atoms with Gasteiger partial charge >= 0.3 is 5.97 Å². The first kappa shape index (κ1) is 13.6. The number of ether oxygens (including phenoxy) is 1. The third-order valence-corrected chi connectivity index (χ3v) is 3.76. The molecular formula is C14H23NO3. The molecule has 0 aromatic heterocycles. The van der Waals surface area contributed by atoms with E-state index in [2.05, 4.69) is 11.4 Å². The summed E-state index contributed by atoms with van der Waals surface area (Å²) in [4.78, 5) is 10.7. The fraction of sp³-hybridized carbons (Fsp3) is 0.786. The summed E-state index contributed by atoms with van der Waals surface area (Å²) in [6.07, 6.45) is 9.64. The van der Waals surface area contributed by atoms with E-state index in [0.717, 1.165) is 25.9 Å². The van der Waals surface area contributed by atoms with Crippen molar-refractivity contribution in [1.82, 2.24) is 5.32 Å². The maximum Gasteiger partial charge on any atom is 0.332 e. The Hall–Kier alpha value is -0.870. The predicted octanol–water partition coefficient (Wildman–Crippen LogP) is 2.10. The van der Waals surface area contributed by atoms with Crippen LogP contribution in [0.3, 0.4) is 0 Å². The number of carbonyl (C=O) groups is 1. The molecule has 102 valence electrons. The molecule has 2 rings (SSSR count). The fourth-order valence-corrected chi connectivity index (χ4v) is 2.68. The minimum Gasteiger partial charge on any atom is -0.479 e. The Balaban J connectivity index is 1.56. The molecule has 4 heteroatoms. The van der Waals surface area contributed by atoms with Crippen LogP contribution in [0.15, 0.2) is 11.6 Å². The molecule has 0 amide bonds. The van der Waals surface area contributed by atoms with E-state index in [1.807, 2.05) is 0 Å². The number of nitrogens with one attached hydrogen (secondary N) is 1.